The zero-order chi connectivity index (χ0) is 18.5. The maximum absolute atomic E-state index is 13.3. The molecule has 0 aliphatic carbocycles. The number of nitrogens with one attached hydrogen (secondary N) is 1. The van der Waals surface area contributed by atoms with Crippen molar-refractivity contribution in [3.63, 3.8) is 0 Å². The summed E-state index contributed by atoms with van der Waals surface area (Å²) in [5, 5.41) is 7.27. The normalized spacial score (nSPS) is 11.3. The van der Waals surface area contributed by atoms with Gasteiger partial charge in [-0.2, -0.15) is 5.10 Å². The summed E-state index contributed by atoms with van der Waals surface area (Å²) in [6, 6.07) is 6.08. The summed E-state index contributed by atoms with van der Waals surface area (Å²) in [7, 11) is 0. The van der Waals surface area contributed by atoms with Crippen LogP contribution in [0.4, 0.5) is 4.39 Å². The van der Waals surface area contributed by atoms with Crippen LogP contribution in [0.25, 0.3) is 11.0 Å². The highest BCUT2D eigenvalue weighted by Gasteiger charge is 2.10. The Kier molecular flexibility index (Phi) is 5.21. The van der Waals surface area contributed by atoms with Gasteiger partial charge in [-0.05, 0) is 30.7 Å². The maximum atomic E-state index is 13.3. The maximum Gasteiger partial charge on any atom is 0.264 e. The molecule has 26 heavy (non-hydrogen) atoms. The third-order valence-electron chi connectivity index (χ3n) is 3.81. The van der Waals surface area contributed by atoms with E-state index in [0.29, 0.717) is 29.7 Å². The van der Waals surface area contributed by atoms with Gasteiger partial charge in [0, 0.05) is 6.54 Å². The minimum Gasteiger partial charge on any atom is -0.351 e. The number of halogens is 1. The summed E-state index contributed by atoms with van der Waals surface area (Å²) in [5.74, 6) is -0.535. The van der Waals surface area contributed by atoms with Crippen LogP contribution in [0.1, 0.15) is 12.5 Å². The van der Waals surface area contributed by atoms with Gasteiger partial charge in [0.05, 0.1) is 19.3 Å². The lowest BCUT2D eigenvalue weighted by Crippen LogP contribution is -2.26. The monoisotopic (exact) mass is 355 g/mol. The van der Waals surface area contributed by atoms with Crippen molar-refractivity contribution in [3.8, 4) is 0 Å². The standard InChI is InChI=1S/C18H18FN5O2/c1-2-4-16(25)20-7-8-24-17-15(10-22-24)18(26)23(12-21-17)11-13-5-3-6-14(19)9-13/h2-6,9-10,12H,7-8,11H2,1H3,(H,20,25)/b4-2-. The Labute approximate surface area is 148 Å². The van der Waals surface area contributed by atoms with Crippen molar-refractivity contribution < 1.29 is 9.18 Å². The van der Waals surface area contributed by atoms with Gasteiger partial charge in [-0.25, -0.2) is 14.1 Å². The number of carbonyl (C=O) groups excluding carboxylic acids is 1. The predicted molar refractivity (Wildman–Crippen MR) is 95.1 cm³/mol. The van der Waals surface area contributed by atoms with Crippen LogP contribution in [0.5, 0.6) is 0 Å². The summed E-state index contributed by atoms with van der Waals surface area (Å²) in [4.78, 5) is 28.3. The number of benzene rings is 1. The fourth-order valence-electron chi connectivity index (χ4n) is 2.60. The number of nitrogens with zero attached hydrogens (tertiary/aromatic N) is 4. The van der Waals surface area contributed by atoms with Gasteiger partial charge in [-0.15, -0.1) is 0 Å². The fraction of sp³-hybridized carbons (Fsp3) is 0.222. The van der Waals surface area contributed by atoms with Crippen molar-refractivity contribution in [1.29, 1.82) is 0 Å². The summed E-state index contributed by atoms with van der Waals surface area (Å²) in [6.07, 6.45) is 5.97. The van der Waals surface area contributed by atoms with Crippen molar-refractivity contribution in [2.75, 3.05) is 6.54 Å². The molecule has 0 bridgehead atoms. The van der Waals surface area contributed by atoms with Crippen LogP contribution in [0, 0.1) is 5.82 Å². The zero-order valence-corrected chi connectivity index (χ0v) is 14.2. The van der Waals surface area contributed by atoms with Gasteiger partial charge in [-0.3, -0.25) is 14.2 Å². The molecule has 1 N–H and O–H groups in total. The van der Waals surface area contributed by atoms with E-state index in [-0.39, 0.29) is 23.8 Å². The summed E-state index contributed by atoms with van der Waals surface area (Å²) < 4.78 is 16.3. The second-order valence-electron chi connectivity index (χ2n) is 5.70. The molecule has 0 fully saturated rings. The molecular formula is C18H18FN5O2. The number of allylic oxidation sites excluding steroid dienone is 1. The van der Waals surface area contributed by atoms with E-state index >= 15 is 0 Å². The van der Waals surface area contributed by atoms with Crippen LogP contribution in [0.3, 0.4) is 0 Å². The molecule has 0 saturated heterocycles. The second kappa shape index (κ2) is 7.73. The molecule has 0 saturated carbocycles. The van der Waals surface area contributed by atoms with Crippen molar-refractivity contribution in [1.82, 2.24) is 24.6 Å². The van der Waals surface area contributed by atoms with Crippen LogP contribution >= 0.6 is 0 Å². The first kappa shape index (κ1) is 17.5. The Balaban J connectivity index is 1.78. The Hall–Kier alpha value is -3.29. The Morgan fingerprint density at radius 2 is 2.23 bits per heavy atom. The van der Waals surface area contributed by atoms with Gasteiger partial charge in [0.1, 0.15) is 17.5 Å². The van der Waals surface area contributed by atoms with Gasteiger partial charge in [0.15, 0.2) is 5.65 Å². The number of amides is 1. The average Bonchev–Trinajstić information content (AvgIpc) is 3.02. The van der Waals surface area contributed by atoms with Crippen LogP contribution in [-0.2, 0) is 17.9 Å². The summed E-state index contributed by atoms with van der Waals surface area (Å²) in [5.41, 5.74) is 0.876. The lowest BCUT2D eigenvalue weighted by atomic mass is 10.2. The smallest absolute Gasteiger partial charge is 0.264 e. The number of hydrogen-bond donors (Lipinski definition) is 1. The molecule has 0 spiro atoms. The van der Waals surface area contributed by atoms with Crippen molar-refractivity contribution in [2.45, 2.75) is 20.0 Å². The molecule has 134 valence electrons. The average molecular weight is 355 g/mol. The van der Waals surface area contributed by atoms with E-state index in [0.717, 1.165) is 0 Å². The highest BCUT2D eigenvalue weighted by Crippen LogP contribution is 2.08. The van der Waals surface area contributed by atoms with E-state index < -0.39 is 0 Å². The van der Waals surface area contributed by atoms with Gasteiger partial charge in [-0.1, -0.05) is 18.2 Å². The van der Waals surface area contributed by atoms with E-state index in [9.17, 15) is 14.0 Å². The van der Waals surface area contributed by atoms with Gasteiger partial charge >= 0.3 is 0 Å². The first-order valence-electron chi connectivity index (χ1n) is 8.14. The van der Waals surface area contributed by atoms with Gasteiger partial charge in [0.25, 0.3) is 5.56 Å². The lowest BCUT2D eigenvalue weighted by molar-refractivity contribution is -0.116. The molecule has 1 amide bonds. The van der Waals surface area contributed by atoms with E-state index in [1.54, 1.807) is 29.8 Å². The Morgan fingerprint density at radius 1 is 1.38 bits per heavy atom. The topological polar surface area (TPSA) is 81.8 Å². The van der Waals surface area contributed by atoms with Crippen LogP contribution in [0.15, 0.2) is 53.7 Å². The number of rotatable bonds is 6. The molecule has 0 radical (unpaired) electrons. The van der Waals surface area contributed by atoms with Crippen LogP contribution < -0.4 is 10.9 Å². The van der Waals surface area contributed by atoms with E-state index in [1.807, 2.05) is 0 Å². The largest absolute Gasteiger partial charge is 0.351 e. The molecule has 0 aliphatic rings. The van der Waals surface area contributed by atoms with E-state index in [1.165, 1.54) is 35.3 Å². The number of hydrogen-bond acceptors (Lipinski definition) is 4. The molecule has 2 heterocycles. The number of aromatic nitrogens is 4. The highest BCUT2D eigenvalue weighted by molar-refractivity contribution is 5.87. The van der Waals surface area contributed by atoms with Crippen molar-refractivity contribution in [3.05, 3.63) is 70.7 Å². The second-order valence-corrected chi connectivity index (χ2v) is 5.70. The third-order valence-corrected chi connectivity index (χ3v) is 3.81. The molecule has 1 aromatic carbocycles. The molecule has 3 rings (SSSR count). The summed E-state index contributed by atoms with van der Waals surface area (Å²) in [6.45, 7) is 2.75. The van der Waals surface area contributed by atoms with E-state index in [2.05, 4.69) is 15.4 Å². The molecule has 0 unspecified atom stereocenters. The molecular weight excluding hydrogens is 337 g/mol. The SMILES string of the molecule is C/C=C\C(=O)NCCn1ncc2c(=O)n(Cc3cccc(F)c3)cnc21. The Bertz CT molecular complexity index is 1020. The Morgan fingerprint density at radius 3 is 3.00 bits per heavy atom. The molecule has 3 aromatic rings. The molecule has 0 atom stereocenters. The van der Waals surface area contributed by atoms with Gasteiger partial charge in [0.2, 0.25) is 5.91 Å². The first-order chi connectivity index (χ1) is 12.6. The van der Waals surface area contributed by atoms with Crippen LogP contribution in [-0.4, -0.2) is 31.8 Å². The number of fused-ring (bicyclic) bond motifs is 1. The molecule has 0 aliphatic heterocycles. The molecule has 8 heteroatoms. The lowest BCUT2D eigenvalue weighted by Gasteiger charge is -2.07. The number of carbonyl (C=O) groups is 1. The van der Waals surface area contributed by atoms with Crippen molar-refractivity contribution in [2.24, 2.45) is 0 Å². The summed E-state index contributed by atoms with van der Waals surface area (Å²) >= 11 is 0. The fourth-order valence-corrected chi connectivity index (χ4v) is 2.60. The molecule has 7 nitrogen and oxygen atoms in total. The minimum atomic E-state index is -0.350. The quantitative estimate of drug-likeness (QED) is 0.679. The van der Waals surface area contributed by atoms with Gasteiger partial charge < -0.3 is 5.32 Å². The van der Waals surface area contributed by atoms with Crippen LogP contribution in [0.2, 0.25) is 0 Å². The minimum absolute atomic E-state index is 0.186. The van der Waals surface area contributed by atoms with Crippen molar-refractivity contribution >= 4 is 16.9 Å². The highest BCUT2D eigenvalue weighted by atomic mass is 19.1. The predicted octanol–water partition coefficient (Wildman–Crippen LogP) is 1.47. The molecule has 2 aromatic heterocycles. The third kappa shape index (κ3) is 3.85. The zero-order valence-electron chi connectivity index (χ0n) is 14.2. The van der Waals surface area contributed by atoms with E-state index in [4.69, 9.17) is 0 Å². The first-order valence-corrected chi connectivity index (χ1v) is 8.14.